The minimum absolute atomic E-state index is 0.0134. The Morgan fingerprint density at radius 3 is 1.92 bits per heavy atom. The lowest BCUT2D eigenvalue weighted by Gasteiger charge is -2.46. The molecule has 0 aromatic rings. The van der Waals surface area contributed by atoms with Crippen LogP contribution in [0.25, 0.3) is 0 Å². The van der Waals surface area contributed by atoms with E-state index in [2.05, 4.69) is 68.1 Å². The average molecular weight is 554 g/mol. The van der Waals surface area contributed by atoms with Crippen LogP contribution in [0.1, 0.15) is 87.0 Å². The van der Waals surface area contributed by atoms with Crippen molar-refractivity contribution in [2.45, 2.75) is 105 Å². The second kappa shape index (κ2) is 13.2. The first-order valence-corrected chi connectivity index (χ1v) is 14.0. The lowest BCUT2D eigenvalue weighted by atomic mass is 9.62. The van der Waals surface area contributed by atoms with Crippen LogP contribution in [0, 0.1) is 21.7 Å². The number of carbonyl (C=O) groups is 4. The fourth-order valence-corrected chi connectivity index (χ4v) is 7.18. The number of amides is 4. The van der Waals surface area contributed by atoms with Crippen molar-refractivity contribution in [3.05, 3.63) is 0 Å². The number of rotatable bonds is 11. The van der Waals surface area contributed by atoms with Crippen LogP contribution in [0.3, 0.4) is 0 Å². The summed E-state index contributed by atoms with van der Waals surface area (Å²) >= 11 is 0. The monoisotopic (exact) mass is 553 g/mol. The van der Waals surface area contributed by atoms with E-state index in [9.17, 15) is 19.2 Å². The maximum Gasteiger partial charge on any atom is 0.409 e. The minimum atomic E-state index is -0.816. The van der Waals surface area contributed by atoms with Crippen LogP contribution in [-0.4, -0.2) is 69.6 Å². The number of nitrogens with one attached hydrogen (secondary N) is 5. The number of likely N-dealkylation sites (N-methyl/N-ethyl adjacent to an activating group) is 1. The van der Waals surface area contributed by atoms with Crippen LogP contribution in [-0.2, 0) is 19.1 Å². The Balaban J connectivity index is 1.83. The van der Waals surface area contributed by atoms with Gasteiger partial charge in [0, 0.05) is 32.1 Å². The molecule has 0 aliphatic heterocycles. The Bertz CT molecular complexity index is 881. The van der Waals surface area contributed by atoms with Gasteiger partial charge in [0.1, 0.15) is 6.61 Å². The number of hydrogen-bond donors (Lipinski definition) is 5. The van der Waals surface area contributed by atoms with Gasteiger partial charge in [0.05, 0.1) is 0 Å². The van der Waals surface area contributed by atoms with Crippen molar-refractivity contribution < 1.29 is 28.7 Å². The van der Waals surface area contributed by atoms with Gasteiger partial charge in [0.15, 0.2) is 6.23 Å². The first-order valence-electron chi connectivity index (χ1n) is 14.0. The highest BCUT2D eigenvalue weighted by Gasteiger charge is 2.43. The standard InChI is InChI=1S/C28H51N5O6/c1-19(35)30-16-28(7)12-21(10-26(4,5)15-28)33-24(37)39-22(29-8)13-38-23(36)31-17-27(6)11-20(32-18-34)9-25(2,3)14-27/h18,20-22,29H,9-17H2,1-8H3,(H,30,35)(H,31,36)(H,32,34)(H,33,37). The number of hydrogen-bond acceptors (Lipinski definition) is 7. The molecule has 0 bridgehead atoms. The zero-order valence-corrected chi connectivity index (χ0v) is 25.1. The summed E-state index contributed by atoms with van der Waals surface area (Å²) in [6.07, 6.45) is 3.74. The predicted molar refractivity (Wildman–Crippen MR) is 149 cm³/mol. The van der Waals surface area contributed by atoms with E-state index in [1.165, 1.54) is 6.92 Å². The van der Waals surface area contributed by atoms with Crippen molar-refractivity contribution >= 4 is 24.5 Å². The fourth-order valence-electron chi connectivity index (χ4n) is 7.18. The molecular formula is C28H51N5O6. The van der Waals surface area contributed by atoms with Crippen molar-refractivity contribution in [1.82, 2.24) is 26.6 Å². The second-order valence-corrected chi connectivity index (χ2v) is 14.0. The smallest absolute Gasteiger partial charge is 0.409 e. The Kier molecular flexibility index (Phi) is 11.0. The molecule has 5 unspecified atom stereocenters. The van der Waals surface area contributed by atoms with Gasteiger partial charge < -0.3 is 30.7 Å². The summed E-state index contributed by atoms with van der Waals surface area (Å²) in [5.74, 6) is -0.0693. The van der Waals surface area contributed by atoms with Crippen molar-refractivity contribution in [1.29, 1.82) is 0 Å². The van der Waals surface area contributed by atoms with E-state index >= 15 is 0 Å². The lowest BCUT2D eigenvalue weighted by molar-refractivity contribution is -0.119. The van der Waals surface area contributed by atoms with Crippen LogP contribution >= 0.6 is 0 Å². The summed E-state index contributed by atoms with van der Waals surface area (Å²) in [6, 6.07) is -0.0487. The van der Waals surface area contributed by atoms with Crippen LogP contribution in [0.4, 0.5) is 9.59 Å². The highest BCUT2D eigenvalue weighted by atomic mass is 16.6. The normalized spacial score (nSPS) is 30.3. The van der Waals surface area contributed by atoms with Gasteiger partial charge in [-0.05, 0) is 67.2 Å². The summed E-state index contributed by atoms with van der Waals surface area (Å²) in [4.78, 5) is 47.6. The molecule has 39 heavy (non-hydrogen) atoms. The molecule has 2 saturated carbocycles. The van der Waals surface area contributed by atoms with Crippen molar-refractivity contribution in [2.75, 3.05) is 26.7 Å². The summed E-state index contributed by atoms with van der Waals surface area (Å²) < 4.78 is 10.8. The second-order valence-electron chi connectivity index (χ2n) is 14.0. The molecule has 2 fully saturated rings. The largest absolute Gasteiger partial charge is 0.444 e. The van der Waals surface area contributed by atoms with Crippen LogP contribution in [0.15, 0.2) is 0 Å². The molecule has 0 heterocycles. The maximum atomic E-state index is 12.7. The van der Waals surface area contributed by atoms with E-state index in [1.807, 2.05) is 0 Å². The zero-order chi connectivity index (χ0) is 29.5. The summed E-state index contributed by atoms with van der Waals surface area (Å²) in [5, 5.41) is 14.5. The predicted octanol–water partition coefficient (Wildman–Crippen LogP) is 3.04. The molecule has 5 atom stereocenters. The molecule has 11 nitrogen and oxygen atoms in total. The van der Waals surface area contributed by atoms with Crippen molar-refractivity contribution in [3.8, 4) is 0 Å². The molecule has 2 aliphatic rings. The van der Waals surface area contributed by atoms with Gasteiger partial charge in [-0.15, -0.1) is 0 Å². The highest BCUT2D eigenvalue weighted by molar-refractivity contribution is 5.72. The van der Waals surface area contributed by atoms with Crippen LogP contribution in [0.5, 0.6) is 0 Å². The number of ether oxygens (including phenoxy) is 2. The fraction of sp³-hybridized carbons (Fsp3) is 0.857. The van der Waals surface area contributed by atoms with E-state index in [-0.39, 0.29) is 46.3 Å². The average Bonchev–Trinajstić information content (AvgIpc) is 2.76. The van der Waals surface area contributed by atoms with Gasteiger partial charge in [-0.2, -0.15) is 0 Å². The highest BCUT2D eigenvalue weighted by Crippen LogP contribution is 2.46. The molecule has 0 aromatic heterocycles. The first kappa shape index (κ1) is 32.7. The molecule has 11 heteroatoms. The Hall–Kier alpha value is -2.56. The summed E-state index contributed by atoms with van der Waals surface area (Å²) in [6.45, 7) is 15.2. The maximum absolute atomic E-state index is 12.7. The van der Waals surface area contributed by atoms with Gasteiger partial charge >= 0.3 is 12.2 Å². The quantitative estimate of drug-likeness (QED) is 0.195. The Morgan fingerprint density at radius 1 is 0.846 bits per heavy atom. The molecule has 0 aromatic carbocycles. The molecule has 4 amide bonds. The molecule has 5 N–H and O–H groups in total. The molecule has 0 spiro atoms. The Labute approximate surface area is 233 Å². The topological polar surface area (TPSA) is 147 Å². The van der Waals surface area contributed by atoms with E-state index < -0.39 is 18.4 Å². The number of alkyl carbamates (subject to hydrolysis) is 2. The molecular weight excluding hydrogens is 502 g/mol. The Morgan fingerprint density at radius 2 is 1.38 bits per heavy atom. The molecule has 0 radical (unpaired) electrons. The molecule has 2 rings (SSSR count). The van der Waals surface area contributed by atoms with E-state index in [1.54, 1.807) is 7.05 Å². The zero-order valence-electron chi connectivity index (χ0n) is 25.1. The SMILES string of the molecule is CNC(COC(=O)NCC1(C)CC(NC=O)CC(C)(C)C1)OC(=O)NC1CC(C)(C)CC(C)(CNC(C)=O)C1. The first-order chi connectivity index (χ1) is 18.0. The molecule has 2 aliphatic carbocycles. The van der Waals surface area contributed by atoms with E-state index in [0.717, 1.165) is 38.5 Å². The lowest BCUT2D eigenvalue weighted by Crippen LogP contribution is -2.51. The van der Waals surface area contributed by atoms with Gasteiger partial charge in [0.2, 0.25) is 12.3 Å². The van der Waals surface area contributed by atoms with Crippen molar-refractivity contribution in [3.63, 3.8) is 0 Å². The van der Waals surface area contributed by atoms with Gasteiger partial charge in [-0.3, -0.25) is 14.9 Å². The number of carbonyl (C=O) groups excluding carboxylic acids is 4. The van der Waals surface area contributed by atoms with E-state index in [0.29, 0.717) is 19.5 Å². The van der Waals surface area contributed by atoms with Gasteiger partial charge in [-0.25, -0.2) is 9.59 Å². The van der Waals surface area contributed by atoms with Crippen LogP contribution < -0.4 is 26.6 Å². The van der Waals surface area contributed by atoms with Crippen molar-refractivity contribution in [2.24, 2.45) is 21.7 Å². The van der Waals surface area contributed by atoms with Gasteiger partial charge in [-0.1, -0.05) is 41.5 Å². The summed E-state index contributed by atoms with van der Waals surface area (Å²) in [5.41, 5.74) is -0.321. The molecule has 0 saturated heterocycles. The minimum Gasteiger partial charge on any atom is -0.444 e. The third-order valence-corrected chi connectivity index (χ3v) is 7.87. The van der Waals surface area contributed by atoms with E-state index in [4.69, 9.17) is 9.47 Å². The van der Waals surface area contributed by atoms with Crippen LogP contribution in [0.2, 0.25) is 0 Å². The third kappa shape index (κ3) is 11.2. The summed E-state index contributed by atoms with van der Waals surface area (Å²) in [7, 11) is 1.62. The third-order valence-electron chi connectivity index (χ3n) is 7.87. The molecule has 224 valence electrons. The van der Waals surface area contributed by atoms with Gasteiger partial charge in [0.25, 0.3) is 0 Å².